The highest BCUT2D eigenvalue weighted by molar-refractivity contribution is 8.19. The Hall–Kier alpha value is -1.45. The molecule has 25 heavy (non-hydrogen) atoms. The molecule has 1 aliphatic carbocycles. The van der Waals surface area contributed by atoms with Crippen LogP contribution in [0.25, 0.3) is 5.57 Å². The highest BCUT2D eigenvalue weighted by atomic mass is 32.2. The Morgan fingerprint density at radius 2 is 1.60 bits per heavy atom. The molecule has 2 aromatic rings. The van der Waals surface area contributed by atoms with E-state index >= 15 is 0 Å². The second-order valence-corrected chi connectivity index (χ2v) is 9.81. The van der Waals surface area contributed by atoms with Crippen molar-refractivity contribution in [1.82, 2.24) is 0 Å². The first-order valence-corrected chi connectivity index (χ1v) is 10.7. The summed E-state index contributed by atoms with van der Waals surface area (Å²) >= 11 is 3.63. The summed E-state index contributed by atoms with van der Waals surface area (Å²) in [5.74, 6) is 2.38. The second-order valence-electron chi connectivity index (χ2n) is 6.94. The van der Waals surface area contributed by atoms with Gasteiger partial charge in [-0.25, -0.2) is 0 Å². The van der Waals surface area contributed by atoms with Crippen LogP contribution in [0.15, 0.2) is 60.7 Å². The summed E-state index contributed by atoms with van der Waals surface area (Å²) in [6.07, 6.45) is 3.35. The molecule has 1 atom stereocenters. The van der Waals surface area contributed by atoms with Crippen LogP contribution in [-0.4, -0.2) is 17.3 Å². The molecule has 1 nitrogen and oxygen atoms in total. The molecule has 3 heteroatoms. The molecular weight excluding hydrogens is 344 g/mol. The molecule has 1 aliphatic heterocycles. The van der Waals surface area contributed by atoms with Gasteiger partial charge in [-0.1, -0.05) is 60.7 Å². The quantitative estimate of drug-likeness (QED) is 0.698. The van der Waals surface area contributed by atoms with Gasteiger partial charge in [0.05, 0.1) is 5.41 Å². The number of hydrogen-bond donors (Lipinski definition) is 0. The monoisotopic (exact) mass is 366 g/mol. The average Bonchev–Trinajstić information content (AvgIpc) is 2.94. The number of Topliss-reactive ketones (excluding diaryl/α,β-unsaturated/α-hetero) is 1. The van der Waals surface area contributed by atoms with Crippen molar-refractivity contribution >= 4 is 34.9 Å². The van der Waals surface area contributed by atoms with Gasteiger partial charge in [0.25, 0.3) is 0 Å². The predicted octanol–water partition coefficient (Wildman–Crippen LogP) is 5.65. The van der Waals surface area contributed by atoms with Crippen molar-refractivity contribution in [1.29, 1.82) is 0 Å². The van der Waals surface area contributed by atoms with Gasteiger partial charge in [-0.2, -0.15) is 0 Å². The van der Waals surface area contributed by atoms with Crippen LogP contribution in [0.5, 0.6) is 0 Å². The summed E-state index contributed by atoms with van der Waals surface area (Å²) in [6.45, 7) is 4.22. The lowest BCUT2D eigenvalue weighted by Crippen LogP contribution is -2.44. The van der Waals surface area contributed by atoms with Gasteiger partial charge < -0.3 is 0 Å². The van der Waals surface area contributed by atoms with Crippen LogP contribution in [-0.2, 0) is 14.3 Å². The van der Waals surface area contributed by atoms with E-state index in [1.165, 1.54) is 17.6 Å². The van der Waals surface area contributed by atoms with Crippen molar-refractivity contribution in [3.63, 3.8) is 0 Å². The Morgan fingerprint density at radius 1 is 0.960 bits per heavy atom. The molecule has 0 aromatic heterocycles. The van der Waals surface area contributed by atoms with E-state index in [1.807, 2.05) is 47.8 Å². The zero-order valence-corrected chi connectivity index (χ0v) is 16.3. The second kappa shape index (κ2) is 6.37. The molecule has 2 aliphatic rings. The van der Waals surface area contributed by atoms with Crippen LogP contribution >= 0.6 is 23.5 Å². The highest BCUT2D eigenvalue weighted by Crippen LogP contribution is 2.56. The third kappa shape index (κ3) is 2.60. The topological polar surface area (TPSA) is 17.1 Å². The molecule has 0 N–H and O–H groups in total. The third-order valence-electron chi connectivity index (χ3n) is 5.24. The van der Waals surface area contributed by atoms with Gasteiger partial charge in [-0.05, 0) is 54.0 Å². The molecule has 0 radical (unpaired) electrons. The minimum Gasteiger partial charge on any atom is -0.295 e. The molecule has 2 aromatic carbocycles. The molecule has 0 amide bonds. The first kappa shape index (κ1) is 17.0. The Morgan fingerprint density at radius 3 is 2.32 bits per heavy atom. The van der Waals surface area contributed by atoms with Crippen LogP contribution in [0.2, 0.25) is 0 Å². The molecule has 0 bridgehead atoms. The van der Waals surface area contributed by atoms with Crippen LogP contribution in [0.4, 0.5) is 0 Å². The smallest absolute Gasteiger partial charge is 0.177 e. The first-order valence-electron chi connectivity index (χ1n) is 8.76. The molecule has 1 unspecified atom stereocenters. The number of rotatable bonds is 3. The Bertz CT molecular complexity index is 834. The molecule has 0 saturated carbocycles. The lowest BCUT2D eigenvalue weighted by Gasteiger charge is -2.40. The van der Waals surface area contributed by atoms with Crippen molar-refractivity contribution in [3.05, 3.63) is 77.4 Å². The fraction of sp³-hybridized carbons (Fsp3) is 0.318. The van der Waals surface area contributed by atoms with E-state index in [0.717, 1.165) is 22.6 Å². The minimum atomic E-state index is -0.562. The number of fused-ring (bicyclic) bond motifs is 1. The molecule has 0 spiro atoms. The Kier molecular flexibility index (Phi) is 4.33. The molecule has 1 heterocycles. The molecule has 1 fully saturated rings. The van der Waals surface area contributed by atoms with Gasteiger partial charge in [-0.15, -0.1) is 23.5 Å². The number of carbonyl (C=O) groups is 1. The van der Waals surface area contributed by atoms with E-state index in [2.05, 4.69) is 50.3 Å². The Labute approximate surface area is 158 Å². The van der Waals surface area contributed by atoms with Crippen molar-refractivity contribution in [2.45, 2.75) is 29.8 Å². The number of benzene rings is 2. The largest absolute Gasteiger partial charge is 0.295 e. The fourth-order valence-electron chi connectivity index (χ4n) is 4.02. The minimum absolute atomic E-state index is 0.310. The maximum Gasteiger partial charge on any atom is 0.177 e. The number of thioether (sulfide) groups is 2. The normalized spacial score (nSPS) is 24.5. The summed E-state index contributed by atoms with van der Waals surface area (Å²) in [5.41, 5.74) is 4.15. The maximum atomic E-state index is 14.1. The van der Waals surface area contributed by atoms with Gasteiger partial charge in [0.15, 0.2) is 5.78 Å². The summed E-state index contributed by atoms with van der Waals surface area (Å²) in [7, 11) is 0. The van der Waals surface area contributed by atoms with Crippen LogP contribution < -0.4 is 0 Å². The van der Waals surface area contributed by atoms with Crippen molar-refractivity contribution in [2.75, 3.05) is 11.5 Å². The van der Waals surface area contributed by atoms with Gasteiger partial charge in [-0.3, -0.25) is 4.79 Å². The summed E-state index contributed by atoms with van der Waals surface area (Å²) in [5, 5.41) is 0. The number of carbonyl (C=O) groups excluding carboxylic acids is 1. The van der Waals surface area contributed by atoms with Crippen LogP contribution in [0.1, 0.15) is 37.0 Å². The number of hydrogen-bond acceptors (Lipinski definition) is 3. The molecule has 1 saturated heterocycles. The van der Waals surface area contributed by atoms with E-state index in [4.69, 9.17) is 0 Å². The summed E-state index contributed by atoms with van der Waals surface area (Å²) in [6, 6.07) is 18.7. The van der Waals surface area contributed by atoms with Gasteiger partial charge >= 0.3 is 0 Å². The standard InChI is InChI=1S/C22H22OS2/c1-16-15-21(2,19-12-7-6-11-18(16)19)20(23)22(24-13-8-14-25-22)17-9-4-3-5-10-17/h3-7,9-12,15H,8,13-14H2,1-2H3. The lowest BCUT2D eigenvalue weighted by atomic mass is 9.78. The maximum absolute atomic E-state index is 14.1. The molecular formula is C22H22OS2. The van der Waals surface area contributed by atoms with Crippen LogP contribution in [0, 0.1) is 0 Å². The zero-order chi connectivity index (χ0) is 17.5. The average molecular weight is 367 g/mol. The van der Waals surface area contributed by atoms with Gasteiger partial charge in [0, 0.05) is 0 Å². The summed E-state index contributed by atoms with van der Waals surface area (Å²) < 4.78 is -0.511. The van der Waals surface area contributed by atoms with Crippen LogP contribution in [0.3, 0.4) is 0 Å². The SMILES string of the molecule is CC1=CC(C)(C(=O)C2(c3ccccc3)SCCCS2)c2ccccc21. The van der Waals surface area contributed by atoms with Gasteiger partial charge in [0.2, 0.25) is 0 Å². The predicted molar refractivity (Wildman–Crippen MR) is 110 cm³/mol. The lowest BCUT2D eigenvalue weighted by molar-refractivity contribution is -0.122. The van der Waals surface area contributed by atoms with E-state index in [-0.39, 0.29) is 0 Å². The fourth-order valence-corrected chi connectivity index (χ4v) is 7.48. The van der Waals surface area contributed by atoms with E-state index < -0.39 is 9.49 Å². The third-order valence-corrected chi connectivity index (χ3v) is 8.59. The van der Waals surface area contributed by atoms with E-state index in [0.29, 0.717) is 5.78 Å². The zero-order valence-electron chi connectivity index (χ0n) is 14.6. The number of ketones is 1. The van der Waals surface area contributed by atoms with Gasteiger partial charge in [0.1, 0.15) is 4.08 Å². The molecule has 4 rings (SSSR count). The van der Waals surface area contributed by atoms with E-state index in [1.54, 1.807) is 0 Å². The van der Waals surface area contributed by atoms with Crippen molar-refractivity contribution in [2.24, 2.45) is 0 Å². The highest BCUT2D eigenvalue weighted by Gasteiger charge is 2.52. The van der Waals surface area contributed by atoms with Crippen molar-refractivity contribution < 1.29 is 4.79 Å². The molecule has 128 valence electrons. The van der Waals surface area contributed by atoms with E-state index in [9.17, 15) is 4.79 Å². The van der Waals surface area contributed by atoms with Crippen molar-refractivity contribution in [3.8, 4) is 0 Å². The first-order chi connectivity index (χ1) is 12.1. The number of allylic oxidation sites excluding steroid dienone is 2. The summed E-state index contributed by atoms with van der Waals surface area (Å²) in [4.78, 5) is 14.1. The Balaban J connectivity index is 1.86.